The van der Waals surface area contributed by atoms with Crippen LogP contribution in [0.15, 0.2) is 17.7 Å². The summed E-state index contributed by atoms with van der Waals surface area (Å²) in [4.78, 5) is 8.75. The normalized spacial score (nSPS) is 14.9. The van der Waals surface area contributed by atoms with E-state index in [0.717, 1.165) is 38.2 Å². The molecule has 2 rings (SSSR count). The summed E-state index contributed by atoms with van der Waals surface area (Å²) in [6.07, 6.45) is 4.28. The van der Waals surface area contributed by atoms with Crippen molar-refractivity contribution >= 4 is 5.95 Å². The first-order valence-corrected chi connectivity index (χ1v) is 6.89. The van der Waals surface area contributed by atoms with Crippen molar-refractivity contribution in [3.05, 3.63) is 23.4 Å². The molecule has 0 aliphatic carbocycles. The van der Waals surface area contributed by atoms with E-state index in [2.05, 4.69) is 33.6 Å². The lowest BCUT2D eigenvalue weighted by Gasteiger charge is -2.15. The molecule has 0 saturated carbocycles. The molecule has 0 radical (unpaired) electrons. The smallest absolute Gasteiger partial charge is 0.226 e. The van der Waals surface area contributed by atoms with Crippen LogP contribution in [0.5, 0.6) is 5.88 Å². The highest BCUT2D eigenvalue weighted by molar-refractivity contribution is 5.32. The van der Waals surface area contributed by atoms with Crippen molar-refractivity contribution in [2.45, 2.75) is 26.7 Å². The van der Waals surface area contributed by atoms with Crippen LogP contribution in [-0.2, 0) is 0 Å². The van der Waals surface area contributed by atoms with Gasteiger partial charge in [-0.25, -0.2) is 4.98 Å². The van der Waals surface area contributed by atoms with E-state index in [-0.39, 0.29) is 0 Å². The quantitative estimate of drug-likeness (QED) is 0.767. The molecule has 5 heteroatoms. The maximum absolute atomic E-state index is 5.55. The Balaban J connectivity index is 1.95. The van der Waals surface area contributed by atoms with E-state index in [9.17, 15) is 0 Å². The molecular weight excluding hydrogens is 240 g/mol. The van der Waals surface area contributed by atoms with Gasteiger partial charge in [-0.15, -0.1) is 0 Å². The SMILES string of the molecule is CCCOc1cc(C)nc(NCC2=CCNCC2)n1. The van der Waals surface area contributed by atoms with Gasteiger partial charge in [0.25, 0.3) is 0 Å². The molecule has 0 atom stereocenters. The van der Waals surface area contributed by atoms with Gasteiger partial charge < -0.3 is 15.4 Å². The monoisotopic (exact) mass is 262 g/mol. The molecule has 5 nitrogen and oxygen atoms in total. The average molecular weight is 262 g/mol. The van der Waals surface area contributed by atoms with E-state index >= 15 is 0 Å². The fraction of sp³-hybridized carbons (Fsp3) is 0.571. The fourth-order valence-electron chi connectivity index (χ4n) is 1.92. The van der Waals surface area contributed by atoms with Crippen LogP contribution >= 0.6 is 0 Å². The predicted molar refractivity (Wildman–Crippen MR) is 76.6 cm³/mol. The third kappa shape index (κ3) is 4.52. The lowest BCUT2D eigenvalue weighted by atomic mass is 10.1. The molecule has 0 bridgehead atoms. The van der Waals surface area contributed by atoms with E-state index in [4.69, 9.17) is 4.74 Å². The van der Waals surface area contributed by atoms with E-state index in [1.807, 2.05) is 13.0 Å². The number of rotatable bonds is 6. The first kappa shape index (κ1) is 13.8. The summed E-state index contributed by atoms with van der Waals surface area (Å²) < 4.78 is 5.55. The molecule has 1 aliphatic heterocycles. The topological polar surface area (TPSA) is 59.1 Å². The lowest BCUT2D eigenvalue weighted by Crippen LogP contribution is -2.23. The van der Waals surface area contributed by atoms with Crippen LogP contribution in [0.1, 0.15) is 25.5 Å². The minimum Gasteiger partial charge on any atom is -0.478 e. The molecule has 0 spiro atoms. The summed E-state index contributed by atoms with van der Waals surface area (Å²) in [5.41, 5.74) is 2.32. The number of hydrogen-bond donors (Lipinski definition) is 2. The largest absolute Gasteiger partial charge is 0.478 e. The summed E-state index contributed by atoms with van der Waals surface area (Å²) in [6, 6.07) is 1.87. The minimum atomic E-state index is 0.644. The standard InChI is InChI=1S/C14H22N4O/c1-3-8-19-13-9-11(2)17-14(18-13)16-10-12-4-6-15-7-5-12/h4,9,15H,3,5-8,10H2,1-2H3,(H,16,17,18). The number of anilines is 1. The maximum atomic E-state index is 5.55. The highest BCUT2D eigenvalue weighted by Gasteiger charge is 2.06. The van der Waals surface area contributed by atoms with Gasteiger partial charge in [0.1, 0.15) is 0 Å². The van der Waals surface area contributed by atoms with E-state index in [1.165, 1.54) is 5.57 Å². The van der Waals surface area contributed by atoms with Gasteiger partial charge in [-0.2, -0.15) is 4.98 Å². The van der Waals surface area contributed by atoms with Gasteiger partial charge in [-0.1, -0.05) is 18.6 Å². The average Bonchev–Trinajstić information content (AvgIpc) is 2.43. The van der Waals surface area contributed by atoms with Gasteiger partial charge in [-0.05, 0) is 26.3 Å². The van der Waals surface area contributed by atoms with E-state index in [0.29, 0.717) is 18.4 Å². The molecule has 104 valence electrons. The number of aromatic nitrogens is 2. The molecule has 0 saturated heterocycles. The van der Waals surface area contributed by atoms with Gasteiger partial charge in [0, 0.05) is 24.8 Å². The van der Waals surface area contributed by atoms with Crippen molar-refractivity contribution < 1.29 is 4.74 Å². The van der Waals surface area contributed by atoms with E-state index < -0.39 is 0 Å². The number of aryl methyl sites for hydroxylation is 1. The number of nitrogens with one attached hydrogen (secondary N) is 2. The zero-order valence-electron chi connectivity index (χ0n) is 11.7. The predicted octanol–water partition coefficient (Wildman–Crippen LogP) is 1.91. The lowest BCUT2D eigenvalue weighted by molar-refractivity contribution is 0.305. The van der Waals surface area contributed by atoms with E-state index in [1.54, 1.807) is 0 Å². The Labute approximate surface area is 114 Å². The van der Waals surface area contributed by atoms with Crippen LogP contribution < -0.4 is 15.4 Å². The molecule has 0 fully saturated rings. The molecule has 0 amide bonds. The Morgan fingerprint density at radius 1 is 1.42 bits per heavy atom. The summed E-state index contributed by atoms with van der Waals surface area (Å²) in [5, 5.41) is 6.57. The highest BCUT2D eigenvalue weighted by atomic mass is 16.5. The Hall–Kier alpha value is -1.62. The van der Waals surface area contributed by atoms with Crippen LogP contribution in [-0.4, -0.2) is 36.2 Å². The second kappa shape index (κ2) is 7.09. The second-order valence-electron chi connectivity index (χ2n) is 4.69. The van der Waals surface area contributed by atoms with Gasteiger partial charge in [0.2, 0.25) is 11.8 Å². The fourth-order valence-corrected chi connectivity index (χ4v) is 1.92. The maximum Gasteiger partial charge on any atom is 0.226 e. The Kier molecular flexibility index (Phi) is 5.15. The molecular formula is C14H22N4O. The summed E-state index contributed by atoms with van der Waals surface area (Å²) >= 11 is 0. The van der Waals surface area contributed by atoms with Crippen molar-refractivity contribution in [3.8, 4) is 5.88 Å². The van der Waals surface area contributed by atoms with Crippen molar-refractivity contribution in [2.24, 2.45) is 0 Å². The zero-order chi connectivity index (χ0) is 13.5. The molecule has 0 unspecified atom stereocenters. The van der Waals surface area contributed by atoms with Crippen LogP contribution in [0.25, 0.3) is 0 Å². The van der Waals surface area contributed by atoms with Gasteiger partial charge in [-0.3, -0.25) is 0 Å². The molecule has 2 heterocycles. The Morgan fingerprint density at radius 3 is 3.05 bits per heavy atom. The van der Waals surface area contributed by atoms with Gasteiger partial charge in [0.05, 0.1) is 6.61 Å². The van der Waals surface area contributed by atoms with Crippen molar-refractivity contribution in [2.75, 3.05) is 31.6 Å². The summed E-state index contributed by atoms with van der Waals surface area (Å²) in [7, 11) is 0. The molecule has 2 N–H and O–H groups in total. The van der Waals surface area contributed by atoms with Crippen LogP contribution in [0.4, 0.5) is 5.95 Å². The number of hydrogen-bond acceptors (Lipinski definition) is 5. The van der Waals surface area contributed by atoms with Crippen molar-refractivity contribution in [3.63, 3.8) is 0 Å². The number of ether oxygens (including phenoxy) is 1. The van der Waals surface area contributed by atoms with Crippen LogP contribution in [0.2, 0.25) is 0 Å². The zero-order valence-corrected chi connectivity index (χ0v) is 11.7. The molecule has 19 heavy (non-hydrogen) atoms. The number of nitrogens with zero attached hydrogens (tertiary/aromatic N) is 2. The highest BCUT2D eigenvalue weighted by Crippen LogP contribution is 2.13. The van der Waals surface area contributed by atoms with Gasteiger partial charge >= 0.3 is 0 Å². The molecule has 0 aromatic carbocycles. The first-order valence-electron chi connectivity index (χ1n) is 6.89. The molecule has 1 aliphatic rings. The first-order chi connectivity index (χ1) is 9.28. The van der Waals surface area contributed by atoms with Crippen molar-refractivity contribution in [1.82, 2.24) is 15.3 Å². The second-order valence-corrected chi connectivity index (χ2v) is 4.69. The summed E-state index contributed by atoms with van der Waals surface area (Å²) in [5.74, 6) is 1.29. The molecule has 1 aromatic rings. The van der Waals surface area contributed by atoms with Crippen molar-refractivity contribution in [1.29, 1.82) is 0 Å². The summed E-state index contributed by atoms with van der Waals surface area (Å²) in [6.45, 7) is 7.53. The van der Waals surface area contributed by atoms with Gasteiger partial charge in [0.15, 0.2) is 0 Å². The molecule has 1 aromatic heterocycles. The third-order valence-corrected chi connectivity index (χ3v) is 2.92. The van der Waals surface area contributed by atoms with Crippen LogP contribution in [0.3, 0.4) is 0 Å². The van der Waals surface area contributed by atoms with Crippen LogP contribution in [0, 0.1) is 6.92 Å². The Bertz CT molecular complexity index is 445. The third-order valence-electron chi connectivity index (χ3n) is 2.92. The Morgan fingerprint density at radius 2 is 2.32 bits per heavy atom. The minimum absolute atomic E-state index is 0.644.